The predicted molar refractivity (Wildman–Crippen MR) is 137 cm³/mol. The van der Waals surface area contributed by atoms with Crippen molar-refractivity contribution in [2.45, 2.75) is 60.9 Å². The van der Waals surface area contributed by atoms with Gasteiger partial charge in [-0.1, -0.05) is 39.8 Å². The summed E-state index contributed by atoms with van der Waals surface area (Å²) in [5.41, 5.74) is 1.96. The Morgan fingerprint density at radius 2 is 1.57 bits per heavy atom. The molecular formula is C28H39NO6. The first-order valence-corrected chi connectivity index (χ1v) is 12.4. The highest BCUT2D eigenvalue weighted by Crippen LogP contribution is 2.41. The smallest absolute Gasteiger partial charge is 0.255 e. The molecule has 1 amide bonds. The third kappa shape index (κ3) is 6.47. The maximum Gasteiger partial charge on any atom is 0.255 e. The fraction of sp³-hybridized carbons (Fsp3) is 0.536. The molecule has 0 bridgehead atoms. The van der Waals surface area contributed by atoms with Crippen molar-refractivity contribution < 1.29 is 28.5 Å². The van der Waals surface area contributed by atoms with Crippen molar-refractivity contribution >= 4 is 11.6 Å². The number of anilines is 1. The average Bonchev–Trinajstić information content (AvgIpc) is 2.81. The van der Waals surface area contributed by atoms with Gasteiger partial charge in [0.2, 0.25) is 5.75 Å². The number of amides is 1. The Kier molecular flexibility index (Phi) is 9.03. The number of ether oxygens (including phenoxy) is 5. The molecule has 7 nitrogen and oxygen atoms in total. The zero-order valence-corrected chi connectivity index (χ0v) is 22.0. The van der Waals surface area contributed by atoms with E-state index in [2.05, 4.69) is 33.0 Å². The van der Waals surface area contributed by atoms with Crippen LogP contribution in [0.4, 0.5) is 5.69 Å². The van der Waals surface area contributed by atoms with Crippen LogP contribution in [0.5, 0.6) is 17.2 Å². The van der Waals surface area contributed by atoms with Gasteiger partial charge in [-0.25, -0.2) is 0 Å². The molecule has 2 atom stereocenters. The number of carbonyl (C=O) groups excluding carboxylic acids is 1. The van der Waals surface area contributed by atoms with Gasteiger partial charge in [0, 0.05) is 22.2 Å². The SMILES string of the molecule is CCOc1cc(C(=O)Nc2ccc([C@@H]3OCC(C)(C)[C@H](C(C)C)O3)cc2)cc(OCC)c1OCC. The van der Waals surface area contributed by atoms with E-state index in [9.17, 15) is 4.79 Å². The fourth-order valence-electron chi connectivity index (χ4n) is 4.41. The molecule has 0 radical (unpaired) electrons. The summed E-state index contributed by atoms with van der Waals surface area (Å²) in [5.74, 6) is 1.58. The highest BCUT2D eigenvalue weighted by molar-refractivity contribution is 6.05. The van der Waals surface area contributed by atoms with Gasteiger partial charge in [0.25, 0.3) is 5.91 Å². The molecule has 1 N–H and O–H groups in total. The van der Waals surface area contributed by atoms with Crippen LogP contribution in [0.3, 0.4) is 0 Å². The molecule has 192 valence electrons. The third-order valence-corrected chi connectivity index (χ3v) is 5.86. The molecule has 0 aromatic heterocycles. The highest BCUT2D eigenvalue weighted by Gasteiger charge is 2.40. The topological polar surface area (TPSA) is 75.3 Å². The zero-order valence-electron chi connectivity index (χ0n) is 22.0. The highest BCUT2D eigenvalue weighted by atomic mass is 16.7. The number of rotatable bonds is 10. The van der Waals surface area contributed by atoms with E-state index in [1.165, 1.54) is 0 Å². The second kappa shape index (κ2) is 11.8. The molecule has 0 unspecified atom stereocenters. The lowest BCUT2D eigenvalue weighted by atomic mass is 9.80. The van der Waals surface area contributed by atoms with Crippen LogP contribution in [0.2, 0.25) is 0 Å². The van der Waals surface area contributed by atoms with Crippen molar-refractivity contribution in [3.8, 4) is 17.2 Å². The summed E-state index contributed by atoms with van der Waals surface area (Å²) in [7, 11) is 0. The minimum absolute atomic E-state index is 0.0447. The Morgan fingerprint density at radius 3 is 2.09 bits per heavy atom. The summed E-state index contributed by atoms with van der Waals surface area (Å²) in [6, 6.07) is 10.9. The first kappa shape index (κ1) is 26.8. The molecule has 1 saturated heterocycles. The maximum atomic E-state index is 13.1. The quantitative estimate of drug-likeness (QED) is 0.430. The van der Waals surface area contributed by atoms with Crippen molar-refractivity contribution in [1.82, 2.24) is 0 Å². The molecule has 0 saturated carbocycles. The first-order valence-electron chi connectivity index (χ1n) is 12.4. The standard InChI is InChI=1S/C28H39NO6/c1-8-31-22-15-20(16-23(32-9-2)24(22)33-10-3)26(30)29-21-13-11-19(12-14-21)27-34-17-28(6,7)25(35-27)18(4)5/h11-16,18,25,27H,8-10,17H2,1-7H3,(H,29,30)/t25-,27+/m0/s1. The van der Waals surface area contributed by atoms with Gasteiger partial charge in [-0.3, -0.25) is 4.79 Å². The fourth-order valence-corrected chi connectivity index (χ4v) is 4.41. The van der Waals surface area contributed by atoms with Crippen molar-refractivity contribution in [3.63, 3.8) is 0 Å². The van der Waals surface area contributed by atoms with Crippen LogP contribution < -0.4 is 19.5 Å². The summed E-state index contributed by atoms with van der Waals surface area (Å²) in [6.07, 6.45) is -0.326. The minimum Gasteiger partial charge on any atom is -0.490 e. The van der Waals surface area contributed by atoms with Crippen LogP contribution >= 0.6 is 0 Å². The number of nitrogens with one attached hydrogen (secondary N) is 1. The monoisotopic (exact) mass is 485 g/mol. The largest absolute Gasteiger partial charge is 0.490 e. The number of benzene rings is 2. The minimum atomic E-state index is -0.422. The van der Waals surface area contributed by atoms with Crippen LogP contribution in [-0.4, -0.2) is 38.4 Å². The summed E-state index contributed by atoms with van der Waals surface area (Å²) < 4.78 is 29.5. The second-order valence-electron chi connectivity index (χ2n) is 9.61. The third-order valence-electron chi connectivity index (χ3n) is 5.86. The van der Waals surface area contributed by atoms with Crippen molar-refractivity contribution in [2.24, 2.45) is 11.3 Å². The lowest BCUT2D eigenvalue weighted by Gasteiger charge is -2.44. The van der Waals surface area contributed by atoms with Gasteiger partial charge < -0.3 is 29.0 Å². The molecule has 3 rings (SSSR count). The molecule has 1 aliphatic rings. The lowest BCUT2D eigenvalue weighted by Crippen LogP contribution is -2.45. The van der Waals surface area contributed by atoms with Crippen molar-refractivity contribution in [3.05, 3.63) is 47.5 Å². The first-order chi connectivity index (χ1) is 16.7. The Morgan fingerprint density at radius 1 is 1.00 bits per heavy atom. The summed E-state index contributed by atoms with van der Waals surface area (Å²) in [4.78, 5) is 13.1. The Labute approximate surface area is 209 Å². The van der Waals surface area contributed by atoms with Gasteiger partial charge in [0.15, 0.2) is 17.8 Å². The maximum absolute atomic E-state index is 13.1. The van der Waals surface area contributed by atoms with E-state index in [1.54, 1.807) is 12.1 Å². The summed E-state index contributed by atoms with van der Waals surface area (Å²) in [5, 5.41) is 2.95. The van der Waals surface area contributed by atoms with E-state index in [1.807, 2.05) is 45.0 Å². The van der Waals surface area contributed by atoms with Crippen molar-refractivity contribution in [2.75, 3.05) is 31.7 Å². The molecule has 2 aromatic rings. The summed E-state index contributed by atoms with van der Waals surface area (Å²) >= 11 is 0. The van der Waals surface area contributed by atoms with Crippen LogP contribution in [0.1, 0.15) is 70.7 Å². The van der Waals surface area contributed by atoms with Crippen LogP contribution in [0.15, 0.2) is 36.4 Å². The van der Waals surface area contributed by atoms with Crippen LogP contribution in [-0.2, 0) is 9.47 Å². The van der Waals surface area contributed by atoms with Crippen molar-refractivity contribution in [1.29, 1.82) is 0 Å². The number of carbonyl (C=O) groups is 1. The molecule has 1 heterocycles. The van der Waals surface area contributed by atoms with Gasteiger partial charge in [-0.2, -0.15) is 0 Å². The molecule has 2 aromatic carbocycles. The van der Waals surface area contributed by atoms with Crippen LogP contribution in [0, 0.1) is 11.3 Å². The molecule has 7 heteroatoms. The second-order valence-corrected chi connectivity index (χ2v) is 9.61. The van der Waals surface area contributed by atoms with E-state index < -0.39 is 6.29 Å². The molecule has 1 fully saturated rings. The molecule has 1 aliphatic heterocycles. The molecular weight excluding hydrogens is 446 g/mol. The van der Waals surface area contributed by atoms with E-state index in [4.69, 9.17) is 23.7 Å². The Hall–Kier alpha value is -2.77. The number of hydrogen-bond acceptors (Lipinski definition) is 6. The van der Waals surface area contributed by atoms with Gasteiger partial charge in [-0.15, -0.1) is 0 Å². The summed E-state index contributed by atoms with van der Waals surface area (Å²) in [6.45, 7) is 16.3. The Bertz CT molecular complexity index is 958. The predicted octanol–water partition coefficient (Wildman–Crippen LogP) is 6.23. The van der Waals surface area contributed by atoms with Gasteiger partial charge in [0.1, 0.15) is 0 Å². The zero-order chi connectivity index (χ0) is 25.6. The number of hydrogen-bond donors (Lipinski definition) is 1. The molecule has 0 spiro atoms. The molecule has 35 heavy (non-hydrogen) atoms. The van der Waals surface area contributed by atoms with Gasteiger partial charge in [0.05, 0.1) is 32.5 Å². The van der Waals surface area contributed by atoms with E-state index >= 15 is 0 Å². The normalized spacial score (nSPS) is 19.3. The van der Waals surface area contributed by atoms with E-state index in [0.29, 0.717) is 60.8 Å². The molecule has 0 aliphatic carbocycles. The average molecular weight is 486 g/mol. The van der Waals surface area contributed by atoms with Crippen LogP contribution in [0.25, 0.3) is 0 Å². The van der Waals surface area contributed by atoms with Gasteiger partial charge in [-0.05, 0) is 51.0 Å². The Balaban J connectivity index is 1.76. The van der Waals surface area contributed by atoms with E-state index in [0.717, 1.165) is 5.56 Å². The van der Waals surface area contributed by atoms with E-state index in [-0.39, 0.29) is 17.4 Å². The lowest BCUT2D eigenvalue weighted by molar-refractivity contribution is -0.274. The van der Waals surface area contributed by atoms with Gasteiger partial charge >= 0.3 is 0 Å².